The Morgan fingerprint density at radius 3 is 2.89 bits per heavy atom. The molecule has 28 heavy (non-hydrogen) atoms. The second kappa shape index (κ2) is 7.47. The molecule has 10 heteroatoms. The molecular weight excluding hydrogens is 382 g/mol. The molecule has 1 aromatic heterocycles. The second-order valence-corrected chi connectivity index (χ2v) is 7.29. The first kappa shape index (κ1) is 18.2. The molecule has 0 aliphatic carbocycles. The van der Waals surface area contributed by atoms with E-state index in [9.17, 15) is 14.9 Å². The Hall–Kier alpha value is -3.14. The van der Waals surface area contributed by atoms with Crippen LogP contribution in [0.15, 0.2) is 50.9 Å². The number of unbranched alkanes of at least 4 members (excludes halogenated alkanes) is 1. The molecule has 0 bridgehead atoms. The van der Waals surface area contributed by atoms with Gasteiger partial charge >= 0.3 is 5.88 Å². The van der Waals surface area contributed by atoms with Crippen molar-refractivity contribution in [3.63, 3.8) is 0 Å². The van der Waals surface area contributed by atoms with Gasteiger partial charge in [-0.25, -0.2) is 10.0 Å². The van der Waals surface area contributed by atoms with E-state index in [2.05, 4.69) is 22.3 Å². The van der Waals surface area contributed by atoms with Gasteiger partial charge in [0.15, 0.2) is 10.9 Å². The zero-order chi connectivity index (χ0) is 19.7. The SMILES string of the molecule is CCCCSC1=NN2C(=c3ccccc3=N[C@H]2c2ccc([N+](=O)[O-])o2)C(=O)N1. The number of amidine groups is 1. The third-order valence-electron chi connectivity index (χ3n) is 4.30. The van der Waals surface area contributed by atoms with Crippen LogP contribution in [0, 0.1) is 10.1 Å². The molecule has 3 heterocycles. The van der Waals surface area contributed by atoms with Crippen molar-refractivity contribution in [1.29, 1.82) is 0 Å². The zero-order valence-corrected chi connectivity index (χ0v) is 15.8. The van der Waals surface area contributed by atoms with Gasteiger partial charge in [0.05, 0.1) is 11.4 Å². The first-order chi connectivity index (χ1) is 13.6. The highest BCUT2D eigenvalue weighted by atomic mass is 32.2. The van der Waals surface area contributed by atoms with E-state index in [4.69, 9.17) is 4.42 Å². The van der Waals surface area contributed by atoms with Crippen LogP contribution < -0.4 is 15.9 Å². The van der Waals surface area contributed by atoms with Crippen LogP contribution in [0.4, 0.5) is 5.88 Å². The lowest BCUT2D eigenvalue weighted by Gasteiger charge is -2.32. The zero-order valence-electron chi connectivity index (χ0n) is 15.0. The minimum absolute atomic E-state index is 0.245. The molecule has 2 aliphatic rings. The van der Waals surface area contributed by atoms with E-state index in [1.54, 1.807) is 12.1 Å². The van der Waals surface area contributed by atoms with E-state index in [1.807, 2.05) is 12.1 Å². The maximum Gasteiger partial charge on any atom is 0.433 e. The highest BCUT2D eigenvalue weighted by Gasteiger charge is 2.36. The molecule has 2 aromatic rings. The number of furan rings is 1. The summed E-state index contributed by atoms with van der Waals surface area (Å²) in [5.41, 5.74) is 0.342. The predicted molar refractivity (Wildman–Crippen MR) is 104 cm³/mol. The predicted octanol–water partition coefficient (Wildman–Crippen LogP) is 1.86. The molecule has 1 aromatic carbocycles. The molecule has 4 rings (SSSR count). The number of hydrogen-bond donors (Lipinski definition) is 1. The van der Waals surface area contributed by atoms with Crippen molar-refractivity contribution in [3.8, 4) is 0 Å². The van der Waals surface area contributed by atoms with Crippen molar-refractivity contribution in [2.24, 2.45) is 10.1 Å². The first-order valence-electron chi connectivity index (χ1n) is 8.81. The van der Waals surface area contributed by atoms with E-state index >= 15 is 0 Å². The van der Waals surface area contributed by atoms with Gasteiger partial charge in [-0.2, -0.15) is 0 Å². The van der Waals surface area contributed by atoms with E-state index in [1.165, 1.54) is 28.9 Å². The van der Waals surface area contributed by atoms with Gasteiger partial charge in [-0.05, 0) is 18.6 Å². The number of carbonyl (C=O) groups excluding carboxylic acids is 1. The Morgan fingerprint density at radius 2 is 2.14 bits per heavy atom. The maximum absolute atomic E-state index is 12.9. The lowest BCUT2D eigenvalue weighted by Crippen LogP contribution is -2.50. The van der Waals surface area contributed by atoms with Crippen LogP contribution in [0.5, 0.6) is 0 Å². The summed E-state index contributed by atoms with van der Waals surface area (Å²) in [6.45, 7) is 2.09. The third kappa shape index (κ3) is 3.26. The number of para-hydroxylation sites is 1. The van der Waals surface area contributed by atoms with Crippen molar-refractivity contribution < 1.29 is 14.1 Å². The van der Waals surface area contributed by atoms with E-state index in [-0.39, 0.29) is 17.6 Å². The van der Waals surface area contributed by atoms with Gasteiger partial charge in [0, 0.05) is 11.0 Å². The molecule has 1 N–H and O–H groups in total. The molecule has 1 atom stereocenters. The third-order valence-corrected chi connectivity index (χ3v) is 5.25. The van der Waals surface area contributed by atoms with Crippen LogP contribution in [0.25, 0.3) is 5.70 Å². The quantitative estimate of drug-likeness (QED) is 0.466. The molecule has 1 amide bonds. The number of fused-ring (bicyclic) bond motifs is 2. The monoisotopic (exact) mass is 399 g/mol. The fourth-order valence-electron chi connectivity index (χ4n) is 2.97. The average Bonchev–Trinajstić information content (AvgIpc) is 3.17. The molecule has 0 spiro atoms. The standard InChI is InChI=1S/C18H17N5O4S/c1-2-3-10-28-18-20-17(24)15-11-6-4-5-7-12(11)19-16(22(15)21-18)13-8-9-14(27-13)23(25)26/h4-9,16H,2-3,10H2,1H3,(H,20,21,24)/t16-/m1/s1. The molecule has 0 fully saturated rings. The average molecular weight is 399 g/mol. The van der Waals surface area contributed by atoms with Crippen LogP contribution in [-0.2, 0) is 4.79 Å². The minimum atomic E-state index is -0.800. The van der Waals surface area contributed by atoms with Crippen LogP contribution >= 0.6 is 11.8 Å². The lowest BCUT2D eigenvalue weighted by molar-refractivity contribution is -0.402. The first-order valence-corrected chi connectivity index (χ1v) is 9.80. The van der Waals surface area contributed by atoms with Gasteiger partial charge in [-0.1, -0.05) is 43.3 Å². The molecule has 0 saturated carbocycles. The summed E-state index contributed by atoms with van der Waals surface area (Å²) in [6, 6.07) is 9.98. The van der Waals surface area contributed by atoms with Gasteiger partial charge < -0.3 is 4.42 Å². The number of carbonyl (C=O) groups is 1. The van der Waals surface area contributed by atoms with Gasteiger partial charge in [0.2, 0.25) is 6.17 Å². The molecule has 0 saturated heterocycles. The summed E-state index contributed by atoms with van der Waals surface area (Å²) in [5.74, 6) is 0.398. The summed E-state index contributed by atoms with van der Waals surface area (Å²) in [4.78, 5) is 27.9. The van der Waals surface area contributed by atoms with Gasteiger partial charge in [0.25, 0.3) is 5.91 Å². The Kier molecular flexibility index (Phi) is 4.86. The van der Waals surface area contributed by atoms with Crippen molar-refractivity contribution >= 4 is 34.4 Å². The Labute approximate surface area is 164 Å². The summed E-state index contributed by atoms with van der Waals surface area (Å²) in [7, 11) is 0. The van der Waals surface area contributed by atoms with E-state index < -0.39 is 11.1 Å². The topological polar surface area (TPSA) is 113 Å². The Bertz CT molecular complexity index is 1090. The highest BCUT2D eigenvalue weighted by Crippen LogP contribution is 2.33. The van der Waals surface area contributed by atoms with Crippen molar-refractivity contribution in [2.45, 2.75) is 25.9 Å². The van der Waals surface area contributed by atoms with Gasteiger partial charge in [0.1, 0.15) is 10.6 Å². The Morgan fingerprint density at radius 1 is 1.32 bits per heavy atom. The van der Waals surface area contributed by atoms with Crippen LogP contribution in [0.2, 0.25) is 0 Å². The summed E-state index contributed by atoms with van der Waals surface area (Å²) in [5, 5.41) is 21.6. The number of benzene rings is 1. The summed E-state index contributed by atoms with van der Waals surface area (Å²) >= 11 is 1.45. The fourth-order valence-corrected chi connectivity index (χ4v) is 3.91. The molecule has 2 aliphatic heterocycles. The molecular formula is C18H17N5O4S. The highest BCUT2D eigenvalue weighted by molar-refractivity contribution is 8.13. The van der Waals surface area contributed by atoms with E-state index in [0.717, 1.165) is 18.6 Å². The van der Waals surface area contributed by atoms with Gasteiger partial charge in [-0.15, -0.1) is 5.10 Å². The van der Waals surface area contributed by atoms with Crippen molar-refractivity contribution in [2.75, 3.05) is 5.75 Å². The minimum Gasteiger partial charge on any atom is -0.401 e. The summed E-state index contributed by atoms with van der Waals surface area (Å²) < 4.78 is 5.36. The molecule has 0 unspecified atom stereocenters. The van der Waals surface area contributed by atoms with Crippen LogP contribution in [0.3, 0.4) is 0 Å². The van der Waals surface area contributed by atoms with Crippen molar-refractivity contribution in [3.05, 3.63) is 62.8 Å². The largest absolute Gasteiger partial charge is 0.433 e. The number of nitrogens with one attached hydrogen (secondary N) is 1. The Balaban J connectivity index is 1.82. The second-order valence-electron chi connectivity index (χ2n) is 6.21. The number of rotatable bonds is 5. The van der Waals surface area contributed by atoms with Crippen LogP contribution in [0.1, 0.15) is 31.7 Å². The molecule has 0 radical (unpaired) electrons. The number of nitrogens with zero attached hydrogens (tertiary/aromatic N) is 4. The van der Waals surface area contributed by atoms with E-state index in [0.29, 0.717) is 21.4 Å². The number of nitro groups is 1. The smallest absolute Gasteiger partial charge is 0.401 e. The summed E-state index contributed by atoms with van der Waals surface area (Å²) in [6.07, 6.45) is 1.24. The molecule has 9 nitrogen and oxygen atoms in total. The normalized spacial score (nSPS) is 18.0. The van der Waals surface area contributed by atoms with Crippen molar-refractivity contribution in [1.82, 2.24) is 10.3 Å². The number of hydrazone groups is 1. The number of hydrogen-bond acceptors (Lipinski definition) is 8. The molecule has 144 valence electrons. The number of amides is 1. The van der Waals surface area contributed by atoms with Gasteiger partial charge in [-0.3, -0.25) is 20.2 Å². The van der Waals surface area contributed by atoms with Crippen LogP contribution in [-0.4, -0.2) is 26.8 Å². The number of thioether (sulfide) groups is 1. The lowest BCUT2D eigenvalue weighted by atomic mass is 10.1. The fraction of sp³-hybridized carbons (Fsp3) is 0.278. The maximum atomic E-state index is 12.9.